The van der Waals surface area contributed by atoms with Crippen molar-refractivity contribution < 1.29 is 18.7 Å². The van der Waals surface area contributed by atoms with E-state index < -0.39 is 11.7 Å². The average Bonchev–Trinajstić information content (AvgIpc) is 3.40. The largest absolute Gasteiger partial charge is 0.354 e. The number of carbonyl (C=O) groups is 1. The molecule has 4 heterocycles. The monoisotopic (exact) mass is 546 g/mol. The molecule has 208 valence electrons. The first-order valence-electron chi connectivity index (χ1n) is 12.8. The van der Waals surface area contributed by atoms with Crippen molar-refractivity contribution in [3.8, 4) is 22.6 Å². The van der Waals surface area contributed by atoms with Gasteiger partial charge in [-0.1, -0.05) is 0 Å². The summed E-state index contributed by atoms with van der Waals surface area (Å²) in [5.74, 6) is 0.307. The maximum absolute atomic E-state index is 13.7. The summed E-state index contributed by atoms with van der Waals surface area (Å²) in [7, 11) is 3.89. The molecule has 0 spiro atoms. The molecule has 11 nitrogen and oxygen atoms in total. The van der Waals surface area contributed by atoms with Gasteiger partial charge in [-0.15, -0.1) is 0 Å². The van der Waals surface area contributed by atoms with Crippen molar-refractivity contribution in [2.75, 3.05) is 45.7 Å². The lowest BCUT2D eigenvalue weighted by atomic mass is 9.91. The molecule has 1 amide bonds. The van der Waals surface area contributed by atoms with Gasteiger partial charge in [-0.3, -0.25) is 9.78 Å². The third-order valence-corrected chi connectivity index (χ3v) is 6.41. The van der Waals surface area contributed by atoms with E-state index in [2.05, 4.69) is 30.6 Å². The van der Waals surface area contributed by atoms with Crippen LogP contribution in [0.15, 0.2) is 61.1 Å². The molecule has 1 saturated heterocycles. The Hall–Kier alpha value is -4.26. The van der Waals surface area contributed by atoms with E-state index >= 15 is 0 Å². The summed E-state index contributed by atoms with van der Waals surface area (Å²) in [6.45, 7) is 3.38. The van der Waals surface area contributed by atoms with Crippen LogP contribution in [0.3, 0.4) is 0 Å². The number of halogens is 1. The number of aromatic nitrogens is 5. The molecule has 5 rings (SSSR count). The molecule has 0 unspecified atom stereocenters. The SMILES string of the molecule is CN(C)CCNC(=O)C1(C)COC(c2nc(-c3ccc(F)cc3)c(-c3ccnc(Nc4ccncc4)n3)[nH]2)OC1. The van der Waals surface area contributed by atoms with Crippen molar-refractivity contribution >= 4 is 17.5 Å². The van der Waals surface area contributed by atoms with E-state index in [1.807, 2.05) is 38.1 Å². The molecule has 3 aromatic heterocycles. The second-order valence-electron chi connectivity index (χ2n) is 10.1. The van der Waals surface area contributed by atoms with E-state index in [1.165, 1.54) is 12.1 Å². The van der Waals surface area contributed by atoms with Gasteiger partial charge in [0.2, 0.25) is 18.1 Å². The van der Waals surface area contributed by atoms with Gasteiger partial charge in [0.15, 0.2) is 5.82 Å². The summed E-state index contributed by atoms with van der Waals surface area (Å²) in [5, 5.41) is 6.10. The number of nitrogens with one attached hydrogen (secondary N) is 3. The van der Waals surface area contributed by atoms with Gasteiger partial charge in [-0.05, 0) is 63.5 Å². The fourth-order valence-electron chi connectivity index (χ4n) is 4.13. The number of carbonyl (C=O) groups excluding carboxylic acids is 1. The van der Waals surface area contributed by atoms with E-state index in [-0.39, 0.29) is 24.9 Å². The molecule has 0 radical (unpaired) electrons. The molecule has 0 bridgehead atoms. The molecule has 1 aliphatic rings. The van der Waals surface area contributed by atoms with Crippen LogP contribution in [0, 0.1) is 11.2 Å². The summed E-state index contributed by atoms with van der Waals surface area (Å²) < 4.78 is 25.7. The quantitative estimate of drug-likeness (QED) is 0.289. The topological polar surface area (TPSA) is 130 Å². The lowest BCUT2D eigenvalue weighted by Gasteiger charge is -2.35. The third kappa shape index (κ3) is 6.30. The molecule has 1 aromatic carbocycles. The van der Waals surface area contributed by atoms with E-state index in [0.717, 1.165) is 12.2 Å². The number of hydrogen-bond donors (Lipinski definition) is 3. The zero-order valence-electron chi connectivity index (χ0n) is 22.5. The number of amides is 1. The standard InChI is InChI=1S/C28H31FN8O3/c1-28(26(38)31-14-15-37(2)3)16-39-25(40-17-28)24-35-22(18-4-6-19(29)7-5-18)23(36-24)21-10-13-32-27(34-21)33-20-8-11-30-12-9-20/h4-13,25H,14-17H2,1-3H3,(H,31,38)(H,35,36)(H,30,32,33,34). The zero-order chi connectivity index (χ0) is 28.1. The third-order valence-electron chi connectivity index (χ3n) is 6.41. The molecule has 1 fully saturated rings. The fraction of sp³-hybridized carbons (Fsp3) is 0.321. The van der Waals surface area contributed by atoms with Gasteiger partial charge >= 0.3 is 0 Å². The Morgan fingerprint density at radius 3 is 2.50 bits per heavy atom. The summed E-state index contributed by atoms with van der Waals surface area (Å²) in [4.78, 5) is 35.8. The molecule has 40 heavy (non-hydrogen) atoms. The van der Waals surface area contributed by atoms with Crippen LogP contribution in [0.2, 0.25) is 0 Å². The van der Waals surface area contributed by atoms with Gasteiger partial charge in [-0.2, -0.15) is 0 Å². The Kier molecular flexibility index (Phi) is 8.10. The van der Waals surface area contributed by atoms with Crippen LogP contribution in [-0.4, -0.2) is 76.1 Å². The molecular weight excluding hydrogens is 515 g/mol. The van der Waals surface area contributed by atoms with Crippen LogP contribution < -0.4 is 10.6 Å². The van der Waals surface area contributed by atoms with Crippen molar-refractivity contribution in [2.45, 2.75) is 13.2 Å². The minimum absolute atomic E-state index is 0.129. The van der Waals surface area contributed by atoms with Gasteiger partial charge in [0.05, 0.1) is 35.7 Å². The number of anilines is 2. The van der Waals surface area contributed by atoms with Crippen LogP contribution in [0.1, 0.15) is 19.0 Å². The maximum atomic E-state index is 13.7. The Bertz CT molecular complexity index is 1440. The van der Waals surface area contributed by atoms with E-state index in [4.69, 9.17) is 14.5 Å². The number of ether oxygens (including phenoxy) is 2. The summed E-state index contributed by atoms with van der Waals surface area (Å²) in [6.07, 6.45) is 4.15. The highest BCUT2D eigenvalue weighted by atomic mass is 19.1. The molecule has 12 heteroatoms. The lowest BCUT2D eigenvalue weighted by Crippen LogP contribution is -2.49. The first-order chi connectivity index (χ1) is 19.3. The number of imidazole rings is 1. The minimum Gasteiger partial charge on any atom is -0.354 e. The van der Waals surface area contributed by atoms with E-state index in [9.17, 15) is 9.18 Å². The predicted octanol–water partition coefficient (Wildman–Crippen LogP) is 3.54. The number of aromatic amines is 1. The Balaban J connectivity index is 1.39. The van der Waals surface area contributed by atoms with E-state index in [1.54, 1.807) is 36.8 Å². The highest BCUT2D eigenvalue weighted by Gasteiger charge is 2.40. The number of H-pyrrole nitrogens is 1. The highest BCUT2D eigenvalue weighted by Crippen LogP contribution is 2.35. The van der Waals surface area contributed by atoms with Crippen LogP contribution >= 0.6 is 0 Å². The Labute approximate surface area is 231 Å². The minimum atomic E-state index is -0.835. The zero-order valence-corrected chi connectivity index (χ0v) is 22.5. The van der Waals surface area contributed by atoms with Crippen LogP contribution in [0.25, 0.3) is 22.6 Å². The fourth-order valence-corrected chi connectivity index (χ4v) is 4.13. The summed E-state index contributed by atoms with van der Waals surface area (Å²) >= 11 is 0. The molecule has 0 aliphatic carbocycles. The molecule has 0 atom stereocenters. The Morgan fingerprint density at radius 1 is 1.07 bits per heavy atom. The van der Waals surface area contributed by atoms with Crippen molar-refractivity contribution in [3.63, 3.8) is 0 Å². The van der Waals surface area contributed by atoms with Gasteiger partial charge < -0.3 is 30.0 Å². The summed E-state index contributed by atoms with van der Waals surface area (Å²) in [5.41, 5.74) is 2.33. The van der Waals surface area contributed by atoms with Crippen molar-refractivity contribution in [2.24, 2.45) is 5.41 Å². The molecule has 3 N–H and O–H groups in total. The number of benzene rings is 1. The summed E-state index contributed by atoms with van der Waals surface area (Å²) in [6, 6.07) is 11.4. The predicted molar refractivity (Wildman–Crippen MR) is 147 cm³/mol. The molecular formula is C28H31FN8O3. The number of hydrogen-bond acceptors (Lipinski definition) is 9. The van der Waals surface area contributed by atoms with Crippen molar-refractivity contribution in [1.82, 2.24) is 35.1 Å². The lowest BCUT2D eigenvalue weighted by molar-refractivity contribution is -0.231. The second-order valence-corrected chi connectivity index (χ2v) is 10.1. The first-order valence-corrected chi connectivity index (χ1v) is 12.8. The van der Waals surface area contributed by atoms with Crippen LogP contribution in [0.4, 0.5) is 16.0 Å². The highest BCUT2D eigenvalue weighted by molar-refractivity contribution is 5.82. The van der Waals surface area contributed by atoms with Crippen LogP contribution in [0.5, 0.6) is 0 Å². The average molecular weight is 547 g/mol. The molecule has 4 aromatic rings. The second kappa shape index (κ2) is 11.9. The van der Waals surface area contributed by atoms with E-state index in [0.29, 0.717) is 41.0 Å². The number of likely N-dealkylation sites (N-methyl/N-ethyl adjacent to an activating group) is 1. The first kappa shape index (κ1) is 27.3. The Morgan fingerprint density at radius 2 is 1.80 bits per heavy atom. The molecule has 1 aliphatic heterocycles. The smallest absolute Gasteiger partial charge is 0.230 e. The maximum Gasteiger partial charge on any atom is 0.230 e. The normalized spacial score (nSPS) is 19.0. The van der Waals surface area contributed by atoms with Gasteiger partial charge in [-0.25, -0.2) is 19.3 Å². The van der Waals surface area contributed by atoms with Gasteiger partial charge in [0, 0.05) is 42.9 Å². The number of pyridine rings is 1. The number of rotatable bonds is 9. The van der Waals surface area contributed by atoms with Gasteiger partial charge in [0.1, 0.15) is 5.82 Å². The number of nitrogens with zero attached hydrogens (tertiary/aromatic N) is 5. The molecule has 0 saturated carbocycles. The van der Waals surface area contributed by atoms with Crippen molar-refractivity contribution in [1.29, 1.82) is 0 Å². The van der Waals surface area contributed by atoms with Gasteiger partial charge in [0.25, 0.3) is 0 Å². The van der Waals surface area contributed by atoms with Crippen molar-refractivity contribution in [3.05, 3.63) is 72.7 Å². The van der Waals surface area contributed by atoms with Crippen LogP contribution in [-0.2, 0) is 14.3 Å².